The number of hydrogen-bond acceptors (Lipinski definition) is 5. The molecule has 0 spiro atoms. The van der Waals surface area contributed by atoms with Crippen LogP contribution in [0.25, 0.3) is 0 Å². The highest BCUT2D eigenvalue weighted by Crippen LogP contribution is 2.42. The van der Waals surface area contributed by atoms with E-state index in [2.05, 4.69) is 40.7 Å². The van der Waals surface area contributed by atoms with Gasteiger partial charge in [0, 0.05) is 15.7 Å². The zero-order valence-electron chi connectivity index (χ0n) is 12.3. The molecule has 2 aromatic rings. The van der Waals surface area contributed by atoms with E-state index in [0.29, 0.717) is 11.0 Å². The van der Waals surface area contributed by atoms with Crippen LogP contribution in [-0.2, 0) is 0 Å². The Morgan fingerprint density at radius 3 is 2.71 bits per heavy atom. The first kappa shape index (κ1) is 14.5. The number of carbonyl (C=O) groups excluding carboxylic acids is 1. The molecule has 0 bridgehead atoms. The minimum atomic E-state index is -0.232. The van der Waals surface area contributed by atoms with Crippen molar-refractivity contribution >= 4 is 33.8 Å². The zero-order chi connectivity index (χ0) is 15.0. The Hall–Kier alpha value is -1.47. The van der Waals surface area contributed by atoms with Gasteiger partial charge in [-0.25, -0.2) is 4.79 Å². The third-order valence-corrected chi connectivity index (χ3v) is 5.46. The number of thiophene rings is 1. The largest absolute Gasteiger partial charge is 0.331 e. The van der Waals surface area contributed by atoms with E-state index < -0.39 is 0 Å². The van der Waals surface area contributed by atoms with Crippen molar-refractivity contribution in [1.82, 2.24) is 15.5 Å². The van der Waals surface area contributed by atoms with Gasteiger partial charge in [0.2, 0.25) is 5.13 Å². The number of nitrogens with zero attached hydrogens (tertiary/aromatic N) is 2. The number of aryl methyl sites for hydroxylation is 2. The molecule has 2 amide bonds. The van der Waals surface area contributed by atoms with Gasteiger partial charge in [0.1, 0.15) is 5.01 Å². The van der Waals surface area contributed by atoms with Crippen molar-refractivity contribution in [3.8, 4) is 0 Å². The number of nitrogens with one attached hydrogen (secondary N) is 2. The smallest absolute Gasteiger partial charge is 0.321 e. The first-order valence-corrected chi connectivity index (χ1v) is 8.64. The van der Waals surface area contributed by atoms with E-state index in [1.54, 1.807) is 11.3 Å². The molecule has 3 rings (SSSR count). The van der Waals surface area contributed by atoms with Crippen LogP contribution in [0.2, 0.25) is 0 Å². The van der Waals surface area contributed by atoms with Gasteiger partial charge in [-0.05, 0) is 45.2 Å². The average Bonchev–Trinajstić information content (AvgIpc) is 3.07. The number of hydrogen-bond donors (Lipinski definition) is 2. The third-order valence-electron chi connectivity index (χ3n) is 3.48. The van der Waals surface area contributed by atoms with E-state index >= 15 is 0 Å². The Bertz CT molecular complexity index is 660. The normalized spacial score (nSPS) is 15.8. The van der Waals surface area contributed by atoms with Gasteiger partial charge < -0.3 is 5.32 Å². The molecular formula is C14H18N4OS2. The average molecular weight is 322 g/mol. The third kappa shape index (κ3) is 3.41. The van der Waals surface area contributed by atoms with E-state index in [9.17, 15) is 4.79 Å². The molecule has 21 heavy (non-hydrogen) atoms. The van der Waals surface area contributed by atoms with Crippen molar-refractivity contribution in [2.45, 2.75) is 45.6 Å². The van der Waals surface area contributed by atoms with Crippen molar-refractivity contribution in [1.29, 1.82) is 0 Å². The summed E-state index contributed by atoms with van der Waals surface area (Å²) in [4.78, 5) is 14.5. The lowest BCUT2D eigenvalue weighted by atomic mass is 10.1. The van der Waals surface area contributed by atoms with E-state index in [0.717, 1.165) is 5.01 Å². The zero-order valence-corrected chi connectivity index (χ0v) is 13.9. The van der Waals surface area contributed by atoms with Crippen molar-refractivity contribution in [3.63, 3.8) is 0 Å². The number of carbonyl (C=O) groups is 1. The second-order valence-electron chi connectivity index (χ2n) is 5.41. The van der Waals surface area contributed by atoms with Crippen LogP contribution in [0.4, 0.5) is 9.93 Å². The van der Waals surface area contributed by atoms with E-state index in [4.69, 9.17) is 0 Å². The highest BCUT2D eigenvalue weighted by molar-refractivity contribution is 7.15. The maximum atomic E-state index is 12.0. The molecule has 1 atom stereocenters. The predicted octanol–water partition coefficient (Wildman–Crippen LogP) is 3.98. The molecular weight excluding hydrogens is 304 g/mol. The fourth-order valence-electron chi connectivity index (χ4n) is 2.27. The summed E-state index contributed by atoms with van der Waals surface area (Å²) in [5.74, 6) is 0.566. The number of amides is 2. The molecule has 1 aliphatic carbocycles. The SMILES string of the molecule is Cc1cc([C@H](C)NC(=O)Nc2nnc(C3CC3)s2)c(C)s1. The van der Waals surface area contributed by atoms with Crippen LogP contribution in [-0.4, -0.2) is 16.2 Å². The lowest BCUT2D eigenvalue weighted by Crippen LogP contribution is -2.31. The Morgan fingerprint density at radius 2 is 2.10 bits per heavy atom. The van der Waals surface area contributed by atoms with Crippen molar-refractivity contribution < 1.29 is 4.79 Å². The van der Waals surface area contributed by atoms with Crippen LogP contribution < -0.4 is 10.6 Å². The molecule has 1 saturated carbocycles. The Labute approximate surface area is 131 Å². The van der Waals surface area contributed by atoms with Crippen LogP contribution >= 0.6 is 22.7 Å². The highest BCUT2D eigenvalue weighted by atomic mass is 32.1. The number of aromatic nitrogens is 2. The van der Waals surface area contributed by atoms with E-state index in [-0.39, 0.29) is 12.1 Å². The van der Waals surface area contributed by atoms with Crippen LogP contribution in [0.1, 0.15) is 52.1 Å². The number of urea groups is 1. The molecule has 2 heterocycles. The van der Waals surface area contributed by atoms with Crippen LogP contribution in [0.3, 0.4) is 0 Å². The lowest BCUT2D eigenvalue weighted by Gasteiger charge is -2.13. The fraction of sp³-hybridized carbons (Fsp3) is 0.500. The summed E-state index contributed by atoms with van der Waals surface area (Å²) in [6, 6.07) is 1.87. The van der Waals surface area contributed by atoms with Crippen LogP contribution in [0.15, 0.2) is 6.07 Å². The summed E-state index contributed by atoms with van der Waals surface area (Å²) < 4.78 is 0. The molecule has 5 nitrogen and oxygen atoms in total. The second kappa shape index (κ2) is 5.73. The van der Waals surface area contributed by atoms with Crippen molar-refractivity contribution in [3.05, 3.63) is 26.4 Å². The van der Waals surface area contributed by atoms with E-state index in [1.165, 1.54) is 39.5 Å². The van der Waals surface area contributed by atoms with Gasteiger partial charge in [0.15, 0.2) is 0 Å². The first-order valence-electron chi connectivity index (χ1n) is 7.01. The first-order chi connectivity index (χ1) is 10.0. The molecule has 0 unspecified atom stereocenters. The topological polar surface area (TPSA) is 66.9 Å². The molecule has 0 saturated heterocycles. The molecule has 1 aliphatic rings. The number of anilines is 1. The standard InChI is InChI=1S/C14H18N4OS2/c1-7-6-11(9(3)20-7)8(2)15-13(19)16-14-18-17-12(21-14)10-4-5-10/h6,8,10H,4-5H2,1-3H3,(H2,15,16,18,19)/t8-/m0/s1. The Balaban J connectivity index is 1.58. The Morgan fingerprint density at radius 1 is 1.33 bits per heavy atom. The Kier molecular flexibility index (Phi) is 3.95. The van der Waals surface area contributed by atoms with E-state index in [1.807, 2.05) is 6.92 Å². The molecule has 0 radical (unpaired) electrons. The van der Waals surface area contributed by atoms with Gasteiger partial charge in [-0.15, -0.1) is 21.5 Å². The minimum Gasteiger partial charge on any atom is -0.331 e. The second-order valence-corrected chi connectivity index (χ2v) is 7.88. The molecule has 112 valence electrons. The van der Waals surface area contributed by atoms with Crippen molar-refractivity contribution in [2.75, 3.05) is 5.32 Å². The van der Waals surface area contributed by atoms with Gasteiger partial charge in [-0.3, -0.25) is 5.32 Å². The molecule has 1 fully saturated rings. The summed E-state index contributed by atoms with van der Waals surface area (Å²) in [6.07, 6.45) is 2.38. The van der Waals surface area contributed by atoms with Gasteiger partial charge in [-0.1, -0.05) is 11.3 Å². The molecule has 0 aliphatic heterocycles. The van der Waals surface area contributed by atoms with Crippen LogP contribution in [0, 0.1) is 13.8 Å². The van der Waals surface area contributed by atoms with Crippen LogP contribution in [0.5, 0.6) is 0 Å². The highest BCUT2D eigenvalue weighted by Gasteiger charge is 2.27. The van der Waals surface area contributed by atoms with Gasteiger partial charge in [0.25, 0.3) is 0 Å². The summed E-state index contributed by atoms with van der Waals surface area (Å²) in [6.45, 7) is 6.15. The summed E-state index contributed by atoms with van der Waals surface area (Å²) in [5, 5.41) is 15.4. The maximum Gasteiger partial charge on any atom is 0.321 e. The summed E-state index contributed by atoms with van der Waals surface area (Å²) in [7, 11) is 0. The molecule has 2 N–H and O–H groups in total. The van der Waals surface area contributed by atoms with Gasteiger partial charge >= 0.3 is 6.03 Å². The van der Waals surface area contributed by atoms with Gasteiger partial charge in [0.05, 0.1) is 6.04 Å². The number of rotatable bonds is 4. The summed E-state index contributed by atoms with van der Waals surface area (Å²) in [5.41, 5.74) is 1.17. The lowest BCUT2D eigenvalue weighted by molar-refractivity contribution is 0.249. The maximum absolute atomic E-state index is 12.0. The molecule has 2 aromatic heterocycles. The fourth-order valence-corrected chi connectivity index (χ4v) is 4.20. The molecule has 0 aromatic carbocycles. The van der Waals surface area contributed by atoms with Crippen molar-refractivity contribution in [2.24, 2.45) is 0 Å². The summed E-state index contributed by atoms with van der Waals surface area (Å²) >= 11 is 3.22. The monoisotopic (exact) mass is 322 g/mol. The molecule has 7 heteroatoms. The van der Waals surface area contributed by atoms with Gasteiger partial charge in [-0.2, -0.15) is 0 Å². The quantitative estimate of drug-likeness (QED) is 0.895. The minimum absolute atomic E-state index is 0.0224. The predicted molar refractivity (Wildman–Crippen MR) is 86.2 cm³/mol.